The molecule has 2 aliphatic heterocycles. The molecule has 1 aromatic rings. The minimum absolute atomic E-state index is 0.260. The van der Waals surface area contributed by atoms with E-state index in [0.29, 0.717) is 25.6 Å². The van der Waals surface area contributed by atoms with Crippen LogP contribution in [0.25, 0.3) is 0 Å². The van der Waals surface area contributed by atoms with Gasteiger partial charge in [-0.1, -0.05) is 12.1 Å². The van der Waals surface area contributed by atoms with E-state index in [1.807, 2.05) is 12.1 Å². The Morgan fingerprint density at radius 2 is 2.28 bits per heavy atom. The fourth-order valence-electron chi connectivity index (χ4n) is 2.95. The molecular weight excluding hydrogens is 298 g/mol. The fourth-order valence-corrected chi connectivity index (χ4v) is 3.45. The van der Waals surface area contributed by atoms with Crippen LogP contribution in [-0.2, 0) is 0 Å². The Balaban J connectivity index is 1.99. The lowest BCUT2D eigenvalue weighted by Crippen LogP contribution is -2.27. The third kappa shape index (κ3) is 1.86. The number of amides is 1. The lowest BCUT2D eigenvalue weighted by atomic mass is 9.87. The fraction of sp³-hybridized carbons (Fsp3) is 0.462. The average molecular weight is 312 g/mol. The molecule has 96 valence electrons. The summed E-state index contributed by atoms with van der Waals surface area (Å²) in [7, 11) is 0. The standard InChI is InChI=1S/C13H14BrNO3/c14-11-3-1-2-9-10-7-15(13(16)17)6-8(10)4-5-18-12(9)11/h1-3,8,10H,4-7H2,(H,16,17)/t8-,10+/m1/s1. The van der Waals surface area contributed by atoms with Gasteiger partial charge in [0, 0.05) is 24.6 Å². The van der Waals surface area contributed by atoms with E-state index in [9.17, 15) is 4.79 Å². The highest BCUT2D eigenvalue weighted by molar-refractivity contribution is 9.10. The Bertz CT molecular complexity index is 491. The molecule has 0 saturated carbocycles. The van der Waals surface area contributed by atoms with Crippen LogP contribution in [0.3, 0.4) is 0 Å². The number of para-hydroxylation sites is 1. The minimum atomic E-state index is -0.819. The predicted molar refractivity (Wildman–Crippen MR) is 70.1 cm³/mol. The van der Waals surface area contributed by atoms with Crippen LogP contribution in [0.5, 0.6) is 5.75 Å². The van der Waals surface area contributed by atoms with E-state index in [2.05, 4.69) is 22.0 Å². The smallest absolute Gasteiger partial charge is 0.407 e. The summed E-state index contributed by atoms with van der Waals surface area (Å²) in [6.07, 6.45) is 0.0933. The third-order valence-electron chi connectivity index (χ3n) is 3.84. The Hall–Kier alpha value is -1.23. The molecule has 18 heavy (non-hydrogen) atoms. The quantitative estimate of drug-likeness (QED) is 0.801. The number of likely N-dealkylation sites (tertiary alicyclic amines) is 1. The molecule has 0 unspecified atom stereocenters. The van der Waals surface area contributed by atoms with Crippen LogP contribution in [0.15, 0.2) is 22.7 Å². The molecule has 4 nitrogen and oxygen atoms in total. The van der Waals surface area contributed by atoms with Gasteiger partial charge in [-0.3, -0.25) is 0 Å². The van der Waals surface area contributed by atoms with Gasteiger partial charge in [0.05, 0.1) is 11.1 Å². The number of fused-ring (bicyclic) bond motifs is 3. The molecule has 1 aromatic carbocycles. The molecule has 2 heterocycles. The Kier molecular flexibility index (Phi) is 2.93. The largest absolute Gasteiger partial charge is 0.492 e. The van der Waals surface area contributed by atoms with Gasteiger partial charge in [0.1, 0.15) is 5.75 Å². The van der Waals surface area contributed by atoms with Crippen LogP contribution < -0.4 is 4.74 Å². The van der Waals surface area contributed by atoms with E-state index in [-0.39, 0.29) is 5.92 Å². The molecule has 0 aliphatic carbocycles. The van der Waals surface area contributed by atoms with E-state index in [0.717, 1.165) is 22.2 Å². The highest BCUT2D eigenvalue weighted by Gasteiger charge is 2.39. The summed E-state index contributed by atoms with van der Waals surface area (Å²) in [5.74, 6) is 1.52. The maximum Gasteiger partial charge on any atom is 0.407 e. The molecule has 1 amide bonds. The first-order valence-corrected chi connectivity index (χ1v) is 6.85. The Morgan fingerprint density at radius 3 is 3.06 bits per heavy atom. The molecule has 3 rings (SSSR count). The summed E-state index contributed by atoms with van der Waals surface area (Å²) in [5, 5.41) is 9.12. The summed E-state index contributed by atoms with van der Waals surface area (Å²) in [4.78, 5) is 12.6. The van der Waals surface area contributed by atoms with Gasteiger partial charge in [0.25, 0.3) is 0 Å². The van der Waals surface area contributed by atoms with Gasteiger partial charge >= 0.3 is 6.09 Å². The maximum atomic E-state index is 11.1. The molecule has 0 bridgehead atoms. The van der Waals surface area contributed by atoms with Crippen molar-refractivity contribution in [2.24, 2.45) is 5.92 Å². The van der Waals surface area contributed by atoms with Crippen molar-refractivity contribution in [2.75, 3.05) is 19.7 Å². The summed E-state index contributed by atoms with van der Waals surface area (Å²) >= 11 is 3.50. The van der Waals surface area contributed by atoms with Crippen LogP contribution in [-0.4, -0.2) is 35.8 Å². The van der Waals surface area contributed by atoms with Gasteiger partial charge in [0.2, 0.25) is 0 Å². The number of carboxylic acid groups (broad SMARTS) is 1. The van der Waals surface area contributed by atoms with Crippen LogP contribution in [0, 0.1) is 5.92 Å². The molecule has 1 saturated heterocycles. The van der Waals surface area contributed by atoms with Crippen molar-refractivity contribution in [1.29, 1.82) is 0 Å². The van der Waals surface area contributed by atoms with E-state index in [4.69, 9.17) is 9.84 Å². The average Bonchev–Trinajstić information content (AvgIpc) is 2.68. The van der Waals surface area contributed by atoms with E-state index in [1.165, 1.54) is 4.90 Å². The third-order valence-corrected chi connectivity index (χ3v) is 4.47. The summed E-state index contributed by atoms with van der Waals surface area (Å²) in [6.45, 7) is 1.85. The van der Waals surface area contributed by atoms with Crippen LogP contribution in [0.2, 0.25) is 0 Å². The molecule has 0 spiro atoms. The zero-order valence-electron chi connectivity index (χ0n) is 9.80. The van der Waals surface area contributed by atoms with Crippen molar-refractivity contribution in [3.8, 4) is 5.75 Å². The second-order valence-electron chi connectivity index (χ2n) is 4.85. The zero-order chi connectivity index (χ0) is 12.7. The predicted octanol–water partition coefficient (Wildman–Crippen LogP) is 2.93. The molecule has 2 atom stereocenters. The number of benzene rings is 1. The molecule has 0 radical (unpaired) electrons. The van der Waals surface area contributed by atoms with Gasteiger partial charge in [0.15, 0.2) is 0 Å². The van der Waals surface area contributed by atoms with Gasteiger partial charge in [-0.2, -0.15) is 0 Å². The Labute approximate surface area is 114 Å². The van der Waals surface area contributed by atoms with E-state index >= 15 is 0 Å². The van der Waals surface area contributed by atoms with Crippen molar-refractivity contribution < 1.29 is 14.6 Å². The van der Waals surface area contributed by atoms with E-state index in [1.54, 1.807) is 0 Å². The minimum Gasteiger partial charge on any atom is -0.492 e. The van der Waals surface area contributed by atoms with E-state index < -0.39 is 6.09 Å². The molecular formula is C13H14BrNO3. The number of ether oxygens (including phenoxy) is 1. The van der Waals surface area contributed by atoms with Crippen molar-refractivity contribution in [3.63, 3.8) is 0 Å². The number of carbonyl (C=O) groups is 1. The molecule has 5 heteroatoms. The van der Waals surface area contributed by atoms with Crippen molar-refractivity contribution in [2.45, 2.75) is 12.3 Å². The Morgan fingerprint density at radius 1 is 1.44 bits per heavy atom. The van der Waals surface area contributed by atoms with Crippen molar-refractivity contribution in [3.05, 3.63) is 28.2 Å². The molecule has 2 aliphatic rings. The van der Waals surface area contributed by atoms with Crippen molar-refractivity contribution in [1.82, 2.24) is 4.90 Å². The number of halogens is 1. The summed E-state index contributed by atoms with van der Waals surface area (Å²) < 4.78 is 6.75. The van der Waals surface area contributed by atoms with Crippen LogP contribution in [0.1, 0.15) is 17.9 Å². The van der Waals surface area contributed by atoms with Gasteiger partial charge < -0.3 is 14.7 Å². The first-order valence-electron chi connectivity index (χ1n) is 6.06. The highest BCUT2D eigenvalue weighted by Crippen LogP contribution is 2.44. The molecule has 1 fully saturated rings. The number of hydrogen-bond donors (Lipinski definition) is 1. The second-order valence-corrected chi connectivity index (χ2v) is 5.70. The number of hydrogen-bond acceptors (Lipinski definition) is 2. The maximum absolute atomic E-state index is 11.1. The first-order chi connectivity index (χ1) is 8.66. The SMILES string of the molecule is O=C(O)N1C[C@H]2CCOc3c(Br)cccc3[C@H]2C1. The molecule has 1 N–H and O–H groups in total. The zero-order valence-corrected chi connectivity index (χ0v) is 11.4. The van der Waals surface area contributed by atoms with Gasteiger partial charge in [-0.15, -0.1) is 0 Å². The van der Waals surface area contributed by atoms with Crippen molar-refractivity contribution >= 4 is 22.0 Å². The highest BCUT2D eigenvalue weighted by atomic mass is 79.9. The lowest BCUT2D eigenvalue weighted by molar-refractivity contribution is 0.152. The summed E-state index contributed by atoms with van der Waals surface area (Å²) in [5.41, 5.74) is 1.13. The topological polar surface area (TPSA) is 49.8 Å². The second kappa shape index (κ2) is 4.46. The molecule has 0 aromatic heterocycles. The van der Waals surface area contributed by atoms with Crippen LogP contribution >= 0.6 is 15.9 Å². The van der Waals surface area contributed by atoms with Gasteiger partial charge in [-0.05, 0) is 34.3 Å². The first kappa shape index (κ1) is 11.8. The van der Waals surface area contributed by atoms with Crippen LogP contribution in [0.4, 0.5) is 4.79 Å². The number of rotatable bonds is 0. The lowest BCUT2D eigenvalue weighted by Gasteiger charge is -2.16. The normalized spacial score (nSPS) is 25.9. The summed E-state index contributed by atoms with van der Waals surface area (Å²) in [6, 6.07) is 6.00. The monoisotopic (exact) mass is 311 g/mol. The van der Waals surface area contributed by atoms with Gasteiger partial charge in [-0.25, -0.2) is 4.79 Å². The number of nitrogens with zero attached hydrogens (tertiary/aromatic N) is 1.